The Kier molecular flexibility index (Phi) is 3.43. The molecule has 2 aromatic rings. The minimum atomic E-state index is -0.505. The Morgan fingerprint density at radius 2 is 2.00 bits per heavy atom. The van der Waals surface area contributed by atoms with E-state index in [4.69, 9.17) is 0 Å². The molecular weight excluding hydrogens is 289 g/mol. The number of halogens is 2. The number of carbonyl (C=O) groups excluding carboxylic acids is 1. The van der Waals surface area contributed by atoms with Gasteiger partial charge < -0.3 is 5.32 Å². The summed E-state index contributed by atoms with van der Waals surface area (Å²) in [5.41, 5.74) is 0.235. The molecule has 4 nitrogen and oxygen atoms in total. The largest absolute Gasteiger partial charge is 0.318 e. The van der Waals surface area contributed by atoms with E-state index in [1.54, 1.807) is 12.1 Å². The van der Waals surface area contributed by atoms with Crippen LogP contribution in [0.25, 0.3) is 0 Å². The second kappa shape index (κ2) is 5.01. The van der Waals surface area contributed by atoms with Gasteiger partial charge in [0.2, 0.25) is 0 Å². The molecule has 0 aliphatic carbocycles. The van der Waals surface area contributed by atoms with Crippen LogP contribution in [0.1, 0.15) is 10.5 Å². The Balaban J connectivity index is 2.17. The van der Waals surface area contributed by atoms with Crippen molar-refractivity contribution in [2.45, 2.75) is 0 Å². The minimum absolute atomic E-state index is 0.113. The molecule has 6 heteroatoms. The van der Waals surface area contributed by atoms with Crippen LogP contribution in [0.15, 0.2) is 41.3 Å². The number of carbonyl (C=O) groups is 1. The maximum Gasteiger partial charge on any atom is 0.275 e. The second-order valence-corrected chi connectivity index (χ2v) is 3.97. The van der Waals surface area contributed by atoms with E-state index in [9.17, 15) is 9.18 Å². The maximum absolute atomic E-state index is 13.3. The summed E-state index contributed by atoms with van der Waals surface area (Å²) in [6.45, 7) is 0. The molecule has 1 amide bonds. The van der Waals surface area contributed by atoms with Gasteiger partial charge in [-0.05, 0) is 28.1 Å². The van der Waals surface area contributed by atoms with Gasteiger partial charge in [-0.15, -0.1) is 0 Å². The fourth-order valence-corrected chi connectivity index (χ4v) is 1.38. The Labute approximate surface area is 105 Å². The van der Waals surface area contributed by atoms with E-state index in [1.807, 2.05) is 0 Å². The molecule has 0 fully saturated rings. The summed E-state index contributed by atoms with van der Waals surface area (Å²) >= 11 is 3.11. The monoisotopic (exact) mass is 295 g/mol. The Morgan fingerprint density at radius 1 is 1.24 bits per heavy atom. The number of para-hydroxylation sites is 1. The second-order valence-electron chi connectivity index (χ2n) is 3.16. The van der Waals surface area contributed by atoms with Crippen LogP contribution >= 0.6 is 15.9 Å². The minimum Gasteiger partial charge on any atom is -0.318 e. The van der Waals surface area contributed by atoms with Crippen LogP contribution in [-0.2, 0) is 0 Å². The highest BCUT2D eigenvalue weighted by molar-refractivity contribution is 9.10. The van der Waals surface area contributed by atoms with Crippen molar-refractivity contribution in [3.05, 3.63) is 52.8 Å². The number of amides is 1. The third kappa shape index (κ3) is 2.85. The van der Waals surface area contributed by atoms with Crippen LogP contribution in [0.2, 0.25) is 0 Å². The van der Waals surface area contributed by atoms with Gasteiger partial charge in [0.25, 0.3) is 5.91 Å². The molecule has 86 valence electrons. The van der Waals surface area contributed by atoms with E-state index in [0.717, 1.165) is 0 Å². The normalized spacial score (nSPS) is 10.0. The van der Waals surface area contributed by atoms with Crippen molar-refractivity contribution in [2.24, 2.45) is 0 Å². The average molecular weight is 296 g/mol. The van der Waals surface area contributed by atoms with Gasteiger partial charge >= 0.3 is 0 Å². The van der Waals surface area contributed by atoms with Crippen molar-refractivity contribution in [1.82, 2.24) is 9.97 Å². The number of hydrogen-bond donors (Lipinski definition) is 1. The number of nitrogens with one attached hydrogen (secondary N) is 1. The fourth-order valence-electron chi connectivity index (χ4n) is 1.18. The van der Waals surface area contributed by atoms with Gasteiger partial charge in [-0.2, -0.15) is 0 Å². The number of aromatic nitrogens is 2. The van der Waals surface area contributed by atoms with Gasteiger partial charge in [0.15, 0.2) is 0 Å². The van der Waals surface area contributed by atoms with Gasteiger partial charge in [-0.25, -0.2) is 14.4 Å². The summed E-state index contributed by atoms with van der Waals surface area (Å²) in [5, 5.41) is 2.41. The van der Waals surface area contributed by atoms with Crippen LogP contribution in [0.4, 0.5) is 10.1 Å². The number of benzene rings is 1. The van der Waals surface area contributed by atoms with Crippen molar-refractivity contribution >= 4 is 27.5 Å². The predicted octanol–water partition coefficient (Wildman–Crippen LogP) is 2.63. The smallest absolute Gasteiger partial charge is 0.275 e. The predicted molar refractivity (Wildman–Crippen MR) is 64.1 cm³/mol. The fraction of sp³-hybridized carbons (Fsp3) is 0. The number of rotatable bonds is 2. The van der Waals surface area contributed by atoms with Gasteiger partial charge in [-0.1, -0.05) is 12.1 Å². The quantitative estimate of drug-likeness (QED) is 0.927. The molecule has 0 spiro atoms. The molecule has 0 aliphatic rings. The molecule has 0 saturated carbocycles. The van der Waals surface area contributed by atoms with Gasteiger partial charge in [0.1, 0.15) is 16.1 Å². The SMILES string of the molecule is O=C(Nc1ccccc1F)c1cnc(Br)cn1. The summed E-state index contributed by atoms with van der Waals surface area (Å²) in [5.74, 6) is -0.999. The summed E-state index contributed by atoms with van der Waals surface area (Å²) in [4.78, 5) is 19.4. The Hall–Kier alpha value is -1.82. The van der Waals surface area contributed by atoms with E-state index in [2.05, 4.69) is 31.2 Å². The van der Waals surface area contributed by atoms with E-state index in [0.29, 0.717) is 4.60 Å². The van der Waals surface area contributed by atoms with Gasteiger partial charge in [0, 0.05) is 0 Å². The van der Waals surface area contributed by atoms with Crippen molar-refractivity contribution < 1.29 is 9.18 Å². The topological polar surface area (TPSA) is 54.9 Å². The van der Waals surface area contributed by atoms with Crippen LogP contribution in [0.3, 0.4) is 0 Å². The first-order valence-corrected chi connectivity index (χ1v) is 5.49. The number of anilines is 1. The molecule has 1 aromatic carbocycles. The van der Waals surface area contributed by atoms with Crippen LogP contribution < -0.4 is 5.32 Å². The lowest BCUT2D eigenvalue weighted by Gasteiger charge is -2.04. The van der Waals surface area contributed by atoms with Crippen LogP contribution in [0, 0.1) is 5.82 Å². The highest BCUT2D eigenvalue weighted by atomic mass is 79.9. The molecule has 17 heavy (non-hydrogen) atoms. The van der Waals surface area contributed by atoms with Crippen LogP contribution in [0.5, 0.6) is 0 Å². The first-order valence-electron chi connectivity index (χ1n) is 4.70. The van der Waals surface area contributed by atoms with Crippen molar-refractivity contribution in [1.29, 1.82) is 0 Å². The lowest BCUT2D eigenvalue weighted by atomic mass is 10.3. The van der Waals surface area contributed by atoms with Gasteiger partial charge in [-0.3, -0.25) is 4.79 Å². The zero-order chi connectivity index (χ0) is 12.3. The molecule has 1 aromatic heterocycles. The molecule has 1 heterocycles. The molecule has 2 rings (SSSR count). The first kappa shape index (κ1) is 11.7. The van der Waals surface area contributed by atoms with Crippen molar-refractivity contribution in [3.8, 4) is 0 Å². The van der Waals surface area contributed by atoms with E-state index in [-0.39, 0.29) is 11.4 Å². The molecule has 0 aliphatic heterocycles. The number of nitrogens with zero attached hydrogens (tertiary/aromatic N) is 2. The molecule has 0 radical (unpaired) electrons. The Morgan fingerprint density at radius 3 is 2.65 bits per heavy atom. The lowest BCUT2D eigenvalue weighted by molar-refractivity contribution is 0.102. The molecule has 1 N–H and O–H groups in total. The van der Waals surface area contributed by atoms with Gasteiger partial charge in [0.05, 0.1) is 18.1 Å². The summed E-state index contributed by atoms with van der Waals surface area (Å²) < 4.78 is 13.8. The van der Waals surface area contributed by atoms with Crippen molar-refractivity contribution in [2.75, 3.05) is 5.32 Å². The van der Waals surface area contributed by atoms with E-state index in [1.165, 1.54) is 24.5 Å². The lowest BCUT2D eigenvalue weighted by Crippen LogP contribution is -2.14. The zero-order valence-corrected chi connectivity index (χ0v) is 10.1. The highest BCUT2D eigenvalue weighted by Gasteiger charge is 2.10. The summed E-state index contributed by atoms with van der Waals surface area (Å²) in [6, 6.07) is 5.92. The molecule has 0 bridgehead atoms. The molecule has 0 saturated heterocycles. The van der Waals surface area contributed by atoms with E-state index >= 15 is 0 Å². The molecule has 0 unspecified atom stereocenters. The average Bonchev–Trinajstić information content (AvgIpc) is 2.33. The molecular formula is C11H7BrFN3O. The van der Waals surface area contributed by atoms with E-state index < -0.39 is 11.7 Å². The highest BCUT2D eigenvalue weighted by Crippen LogP contribution is 2.13. The third-order valence-corrected chi connectivity index (χ3v) is 2.38. The molecule has 0 atom stereocenters. The Bertz CT molecular complexity index is 545. The number of hydrogen-bond acceptors (Lipinski definition) is 3. The maximum atomic E-state index is 13.3. The zero-order valence-electron chi connectivity index (χ0n) is 8.52. The van der Waals surface area contributed by atoms with Crippen molar-refractivity contribution in [3.63, 3.8) is 0 Å². The standard InChI is InChI=1S/C11H7BrFN3O/c12-10-6-14-9(5-15-10)11(17)16-8-4-2-1-3-7(8)13/h1-6H,(H,16,17). The summed E-state index contributed by atoms with van der Waals surface area (Å²) in [7, 11) is 0. The first-order chi connectivity index (χ1) is 8.16. The summed E-state index contributed by atoms with van der Waals surface area (Å²) in [6.07, 6.45) is 2.70. The third-order valence-electron chi connectivity index (χ3n) is 1.98. The van der Waals surface area contributed by atoms with Crippen LogP contribution in [-0.4, -0.2) is 15.9 Å².